The van der Waals surface area contributed by atoms with Crippen molar-refractivity contribution in [2.45, 2.75) is 25.4 Å². The quantitative estimate of drug-likeness (QED) is 0.320. The zero-order chi connectivity index (χ0) is 24.2. The minimum Gasteiger partial charge on any atom is -0.361 e. The molecule has 0 bridgehead atoms. The summed E-state index contributed by atoms with van der Waals surface area (Å²) in [6, 6.07) is 26.1. The lowest BCUT2D eigenvalue weighted by molar-refractivity contribution is -0.123. The van der Waals surface area contributed by atoms with E-state index < -0.39 is 6.04 Å². The molecule has 0 radical (unpaired) electrons. The van der Waals surface area contributed by atoms with E-state index in [0.717, 1.165) is 32.9 Å². The number of H-pyrrole nitrogens is 1. The fraction of sp³-hybridized carbons (Fsp3) is 0.138. The van der Waals surface area contributed by atoms with Crippen LogP contribution in [0, 0.1) is 0 Å². The number of pyridine rings is 1. The first-order valence-corrected chi connectivity index (χ1v) is 11.6. The van der Waals surface area contributed by atoms with Gasteiger partial charge in [-0.25, -0.2) is 0 Å². The number of benzene rings is 3. The van der Waals surface area contributed by atoms with Crippen molar-refractivity contribution in [2.24, 2.45) is 0 Å². The second kappa shape index (κ2) is 9.81. The zero-order valence-corrected chi connectivity index (χ0v) is 19.4. The SMILES string of the molecule is C[C@H](NC(=O)[C@@H](Cc1c[nH]c2ccccc12)NC(=O)c1cnc2ccccc2c1)c1ccccc1. The van der Waals surface area contributed by atoms with Gasteiger partial charge in [0.05, 0.1) is 17.1 Å². The first kappa shape index (κ1) is 22.3. The highest BCUT2D eigenvalue weighted by molar-refractivity contribution is 6.00. The van der Waals surface area contributed by atoms with E-state index in [9.17, 15) is 9.59 Å². The Kier molecular flexibility index (Phi) is 6.26. The lowest BCUT2D eigenvalue weighted by atomic mass is 10.0. The zero-order valence-electron chi connectivity index (χ0n) is 19.4. The van der Waals surface area contributed by atoms with Gasteiger partial charge in [-0.3, -0.25) is 14.6 Å². The van der Waals surface area contributed by atoms with Crippen molar-refractivity contribution in [1.82, 2.24) is 20.6 Å². The van der Waals surface area contributed by atoms with E-state index in [2.05, 4.69) is 20.6 Å². The Morgan fingerprint density at radius 3 is 2.51 bits per heavy atom. The normalized spacial score (nSPS) is 12.8. The topological polar surface area (TPSA) is 86.9 Å². The molecule has 6 heteroatoms. The molecule has 0 saturated carbocycles. The van der Waals surface area contributed by atoms with Crippen LogP contribution in [-0.4, -0.2) is 27.8 Å². The summed E-state index contributed by atoms with van der Waals surface area (Å²) in [6.07, 6.45) is 3.80. The van der Waals surface area contributed by atoms with E-state index in [-0.39, 0.29) is 17.9 Å². The van der Waals surface area contributed by atoms with Crippen molar-refractivity contribution in [3.05, 3.63) is 114 Å². The van der Waals surface area contributed by atoms with Crippen LogP contribution in [0.1, 0.15) is 34.5 Å². The number of nitrogens with zero attached hydrogens (tertiary/aromatic N) is 1. The average Bonchev–Trinajstić information content (AvgIpc) is 3.31. The first-order valence-electron chi connectivity index (χ1n) is 11.6. The molecular weight excluding hydrogens is 436 g/mol. The van der Waals surface area contributed by atoms with Gasteiger partial charge < -0.3 is 15.6 Å². The molecule has 35 heavy (non-hydrogen) atoms. The molecule has 0 saturated heterocycles. The van der Waals surface area contributed by atoms with E-state index in [1.54, 1.807) is 12.3 Å². The molecule has 3 N–H and O–H groups in total. The Labute approximate surface area is 203 Å². The molecule has 0 fully saturated rings. The fourth-order valence-electron chi connectivity index (χ4n) is 4.31. The summed E-state index contributed by atoms with van der Waals surface area (Å²) in [7, 11) is 0. The van der Waals surface area contributed by atoms with Gasteiger partial charge in [-0.1, -0.05) is 66.7 Å². The van der Waals surface area contributed by atoms with E-state index in [4.69, 9.17) is 0 Å². The van der Waals surface area contributed by atoms with Crippen LogP contribution in [-0.2, 0) is 11.2 Å². The number of nitrogens with one attached hydrogen (secondary N) is 3. The molecule has 2 amide bonds. The van der Waals surface area contributed by atoms with Gasteiger partial charge in [0, 0.05) is 35.1 Å². The van der Waals surface area contributed by atoms with Crippen LogP contribution in [0.25, 0.3) is 21.8 Å². The van der Waals surface area contributed by atoms with E-state index >= 15 is 0 Å². The Hall–Kier alpha value is -4.45. The molecule has 174 valence electrons. The van der Waals surface area contributed by atoms with Crippen LogP contribution < -0.4 is 10.6 Å². The number of carbonyl (C=O) groups excluding carboxylic acids is 2. The third-order valence-electron chi connectivity index (χ3n) is 6.23. The molecule has 2 heterocycles. The molecule has 0 aliphatic heterocycles. The van der Waals surface area contributed by atoms with Crippen LogP contribution >= 0.6 is 0 Å². The molecule has 0 aliphatic rings. The van der Waals surface area contributed by atoms with Crippen molar-refractivity contribution in [3.8, 4) is 0 Å². The number of aromatic nitrogens is 2. The lowest BCUT2D eigenvalue weighted by Crippen LogP contribution is -2.48. The van der Waals surface area contributed by atoms with Crippen molar-refractivity contribution >= 4 is 33.6 Å². The third kappa shape index (κ3) is 4.92. The standard InChI is InChI=1S/C29H26N4O2/c1-19(20-9-3-2-4-10-20)32-29(35)27(16-22-17-31-26-14-8-6-12-24(22)26)33-28(34)23-15-21-11-5-7-13-25(21)30-18-23/h2-15,17-19,27,31H,16H2,1H3,(H,32,35)(H,33,34)/t19-,27+/m0/s1. The summed E-state index contributed by atoms with van der Waals surface area (Å²) in [5.41, 5.74) is 4.18. The maximum absolute atomic E-state index is 13.4. The number of hydrogen-bond acceptors (Lipinski definition) is 3. The number of para-hydroxylation sites is 2. The van der Waals surface area contributed by atoms with Crippen molar-refractivity contribution in [1.29, 1.82) is 0 Å². The van der Waals surface area contributed by atoms with Crippen molar-refractivity contribution in [2.75, 3.05) is 0 Å². The van der Waals surface area contributed by atoms with Crippen LogP contribution in [0.15, 0.2) is 97.3 Å². The molecule has 2 aromatic heterocycles. The Morgan fingerprint density at radius 1 is 0.914 bits per heavy atom. The van der Waals surface area contributed by atoms with Crippen molar-refractivity contribution in [3.63, 3.8) is 0 Å². The summed E-state index contributed by atoms with van der Waals surface area (Å²) < 4.78 is 0. The predicted octanol–water partition coefficient (Wildman–Crippen LogP) is 4.93. The molecular formula is C29H26N4O2. The molecule has 0 spiro atoms. The van der Waals surface area contributed by atoms with Crippen LogP contribution in [0.4, 0.5) is 0 Å². The van der Waals surface area contributed by atoms with E-state index in [0.29, 0.717) is 12.0 Å². The molecule has 5 rings (SSSR count). The summed E-state index contributed by atoms with van der Waals surface area (Å²) in [4.78, 5) is 34.3. The maximum Gasteiger partial charge on any atom is 0.253 e. The third-order valence-corrected chi connectivity index (χ3v) is 6.23. The van der Waals surface area contributed by atoms with E-state index in [1.165, 1.54) is 0 Å². The predicted molar refractivity (Wildman–Crippen MR) is 138 cm³/mol. The van der Waals surface area contributed by atoms with E-state index in [1.807, 2.05) is 92.0 Å². The molecule has 3 aromatic carbocycles. The number of rotatable bonds is 7. The second-order valence-electron chi connectivity index (χ2n) is 8.65. The first-order chi connectivity index (χ1) is 17.1. The van der Waals surface area contributed by atoms with Crippen molar-refractivity contribution < 1.29 is 9.59 Å². The number of carbonyl (C=O) groups is 2. The molecule has 2 atom stereocenters. The largest absolute Gasteiger partial charge is 0.361 e. The number of amides is 2. The van der Waals surface area contributed by atoms with Gasteiger partial charge in [0.15, 0.2) is 0 Å². The molecule has 0 aliphatic carbocycles. The highest BCUT2D eigenvalue weighted by atomic mass is 16.2. The van der Waals surface area contributed by atoms with Gasteiger partial charge in [-0.15, -0.1) is 0 Å². The maximum atomic E-state index is 13.4. The Bertz CT molecular complexity index is 1490. The van der Waals surface area contributed by atoms with Gasteiger partial charge in [0.25, 0.3) is 5.91 Å². The number of aromatic amines is 1. The summed E-state index contributed by atoms with van der Waals surface area (Å²) >= 11 is 0. The average molecular weight is 463 g/mol. The smallest absolute Gasteiger partial charge is 0.253 e. The van der Waals surface area contributed by atoms with Gasteiger partial charge in [0.2, 0.25) is 5.91 Å². The highest BCUT2D eigenvalue weighted by Crippen LogP contribution is 2.20. The monoisotopic (exact) mass is 462 g/mol. The number of fused-ring (bicyclic) bond motifs is 2. The van der Waals surface area contributed by atoms with Crippen LogP contribution in [0.3, 0.4) is 0 Å². The molecule has 5 aromatic rings. The minimum absolute atomic E-state index is 0.201. The van der Waals surface area contributed by atoms with Gasteiger partial charge in [0.1, 0.15) is 6.04 Å². The summed E-state index contributed by atoms with van der Waals surface area (Å²) in [5, 5.41) is 7.92. The lowest BCUT2D eigenvalue weighted by Gasteiger charge is -2.22. The summed E-state index contributed by atoms with van der Waals surface area (Å²) in [5.74, 6) is -0.579. The Morgan fingerprint density at radius 2 is 1.66 bits per heavy atom. The molecule has 0 unspecified atom stereocenters. The second-order valence-corrected chi connectivity index (χ2v) is 8.65. The van der Waals surface area contributed by atoms with Gasteiger partial charge >= 0.3 is 0 Å². The van der Waals surface area contributed by atoms with Crippen LogP contribution in [0.5, 0.6) is 0 Å². The van der Waals surface area contributed by atoms with Crippen LogP contribution in [0.2, 0.25) is 0 Å². The number of hydrogen-bond donors (Lipinski definition) is 3. The minimum atomic E-state index is -0.765. The molecule has 6 nitrogen and oxygen atoms in total. The fourth-order valence-corrected chi connectivity index (χ4v) is 4.31. The highest BCUT2D eigenvalue weighted by Gasteiger charge is 2.25. The Balaban J connectivity index is 1.41. The van der Waals surface area contributed by atoms with Gasteiger partial charge in [-0.2, -0.15) is 0 Å². The van der Waals surface area contributed by atoms with Gasteiger partial charge in [-0.05, 0) is 36.2 Å². The summed E-state index contributed by atoms with van der Waals surface area (Å²) in [6.45, 7) is 1.94.